The predicted molar refractivity (Wildman–Crippen MR) is 77.7 cm³/mol. The molecule has 1 aliphatic heterocycles. The third-order valence-electron chi connectivity index (χ3n) is 5.77. The van der Waals surface area contributed by atoms with Gasteiger partial charge in [-0.15, -0.1) is 0 Å². The van der Waals surface area contributed by atoms with Crippen LogP contribution in [-0.4, -0.2) is 5.91 Å². The van der Waals surface area contributed by atoms with E-state index in [0.29, 0.717) is 5.92 Å². The first-order valence-electron chi connectivity index (χ1n) is 7.18. The second kappa shape index (κ2) is 2.98. The molecule has 0 saturated heterocycles. The number of hydrogen-bond donors (Lipinski definition) is 1. The molecule has 1 heterocycles. The van der Waals surface area contributed by atoms with E-state index in [1.54, 1.807) is 0 Å². The second-order valence-electron chi connectivity index (χ2n) is 6.53. The molecule has 2 aromatic carbocycles. The molecule has 20 heavy (non-hydrogen) atoms. The lowest BCUT2D eigenvalue weighted by molar-refractivity contribution is -0.118. The van der Waals surface area contributed by atoms with Gasteiger partial charge in [0.25, 0.3) is 0 Å². The number of amides is 1. The Morgan fingerprint density at radius 2 is 1.85 bits per heavy atom. The summed E-state index contributed by atoms with van der Waals surface area (Å²) in [6.07, 6.45) is 1.01. The SMILES string of the molecule is CC12Cc3ccccc3C1C21C(=O)Nc2ccccc21. The number of benzene rings is 2. The highest BCUT2D eigenvalue weighted by Gasteiger charge is 2.82. The number of carbonyl (C=O) groups excluding carboxylic acids is 1. The minimum absolute atomic E-state index is 0.0490. The normalized spacial score (nSPS) is 35.5. The van der Waals surface area contributed by atoms with Gasteiger partial charge in [0, 0.05) is 11.6 Å². The largest absolute Gasteiger partial charge is 0.325 e. The van der Waals surface area contributed by atoms with Gasteiger partial charge in [0.05, 0.1) is 5.41 Å². The zero-order valence-electron chi connectivity index (χ0n) is 11.3. The van der Waals surface area contributed by atoms with Crippen LogP contribution in [0.25, 0.3) is 0 Å². The number of nitrogens with one attached hydrogen (secondary N) is 1. The smallest absolute Gasteiger partial charge is 0.236 e. The van der Waals surface area contributed by atoms with Crippen LogP contribution in [-0.2, 0) is 16.6 Å². The quantitative estimate of drug-likeness (QED) is 0.775. The van der Waals surface area contributed by atoms with E-state index in [1.165, 1.54) is 16.7 Å². The molecule has 2 heteroatoms. The van der Waals surface area contributed by atoms with Crippen molar-refractivity contribution in [2.45, 2.75) is 24.7 Å². The van der Waals surface area contributed by atoms with E-state index in [4.69, 9.17) is 0 Å². The second-order valence-corrected chi connectivity index (χ2v) is 6.53. The molecule has 1 fully saturated rings. The minimum Gasteiger partial charge on any atom is -0.325 e. The fraction of sp³-hybridized carbons (Fsp3) is 0.278. The van der Waals surface area contributed by atoms with Crippen molar-refractivity contribution in [2.24, 2.45) is 5.41 Å². The van der Waals surface area contributed by atoms with Crippen LogP contribution in [0.3, 0.4) is 0 Å². The van der Waals surface area contributed by atoms with E-state index in [9.17, 15) is 4.79 Å². The van der Waals surface area contributed by atoms with Gasteiger partial charge in [-0.05, 0) is 34.6 Å². The average molecular weight is 261 g/mol. The molecule has 1 spiro atoms. The number of rotatable bonds is 0. The van der Waals surface area contributed by atoms with Gasteiger partial charge in [-0.1, -0.05) is 49.4 Å². The zero-order valence-corrected chi connectivity index (χ0v) is 11.3. The maximum absolute atomic E-state index is 12.7. The zero-order chi connectivity index (χ0) is 13.5. The maximum atomic E-state index is 12.7. The number of carbonyl (C=O) groups is 1. The molecule has 5 rings (SSSR count). The van der Waals surface area contributed by atoms with Gasteiger partial charge < -0.3 is 5.32 Å². The lowest BCUT2D eigenvalue weighted by Gasteiger charge is -2.18. The van der Waals surface area contributed by atoms with E-state index >= 15 is 0 Å². The van der Waals surface area contributed by atoms with Gasteiger partial charge >= 0.3 is 0 Å². The first-order valence-corrected chi connectivity index (χ1v) is 7.18. The van der Waals surface area contributed by atoms with Crippen LogP contribution < -0.4 is 5.32 Å². The summed E-state index contributed by atoms with van der Waals surface area (Å²) in [6.45, 7) is 2.28. The van der Waals surface area contributed by atoms with Crippen molar-refractivity contribution in [3.05, 3.63) is 65.2 Å². The predicted octanol–water partition coefficient (Wildman–Crippen LogP) is 3.24. The number of hydrogen-bond acceptors (Lipinski definition) is 1. The Balaban J connectivity index is 1.78. The van der Waals surface area contributed by atoms with Gasteiger partial charge in [0.1, 0.15) is 0 Å². The molecule has 2 aliphatic carbocycles. The third-order valence-corrected chi connectivity index (χ3v) is 5.77. The molecule has 0 aromatic heterocycles. The summed E-state index contributed by atoms with van der Waals surface area (Å²) < 4.78 is 0. The minimum atomic E-state index is -0.321. The molecule has 2 nitrogen and oxygen atoms in total. The van der Waals surface area contributed by atoms with Crippen LogP contribution in [0.1, 0.15) is 29.5 Å². The van der Waals surface area contributed by atoms with Gasteiger partial charge in [-0.25, -0.2) is 0 Å². The van der Waals surface area contributed by atoms with Gasteiger partial charge in [0.15, 0.2) is 0 Å². The van der Waals surface area contributed by atoms with Crippen LogP contribution in [0, 0.1) is 5.41 Å². The first-order chi connectivity index (χ1) is 9.69. The summed E-state index contributed by atoms with van der Waals surface area (Å²) in [6, 6.07) is 16.8. The average Bonchev–Trinajstić information content (AvgIpc) is 2.70. The fourth-order valence-corrected chi connectivity index (χ4v) is 5.00. The lowest BCUT2D eigenvalue weighted by atomic mass is 9.82. The van der Waals surface area contributed by atoms with Crippen molar-refractivity contribution in [3.8, 4) is 0 Å². The molecule has 3 aliphatic rings. The third kappa shape index (κ3) is 0.866. The van der Waals surface area contributed by atoms with Crippen molar-refractivity contribution < 1.29 is 4.79 Å². The molecule has 3 atom stereocenters. The van der Waals surface area contributed by atoms with Crippen LogP contribution in [0.4, 0.5) is 5.69 Å². The standard InChI is InChI=1S/C18H15NO/c1-17-10-11-6-2-3-7-12(11)15(17)18(17)13-8-4-5-9-14(13)19-16(18)20/h2-9,15H,10H2,1H3,(H,19,20). The molecule has 0 bridgehead atoms. The molecular weight excluding hydrogens is 246 g/mol. The van der Waals surface area contributed by atoms with Gasteiger partial charge in [0.2, 0.25) is 5.91 Å². The van der Waals surface area contributed by atoms with Crippen LogP contribution in [0.15, 0.2) is 48.5 Å². The summed E-state index contributed by atoms with van der Waals surface area (Å²) in [5.74, 6) is 0.538. The van der Waals surface area contributed by atoms with E-state index < -0.39 is 0 Å². The molecule has 1 amide bonds. The van der Waals surface area contributed by atoms with Crippen molar-refractivity contribution in [1.29, 1.82) is 0 Å². The fourth-order valence-electron chi connectivity index (χ4n) is 5.00. The van der Waals surface area contributed by atoms with E-state index in [0.717, 1.165) is 12.1 Å². The van der Waals surface area contributed by atoms with E-state index in [-0.39, 0.29) is 16.7 Å². The van der Waals surface area contributed by atoms with Crippen LogP contribution in [0.2, 0.25) is 0 Å². The van der Waals surface area contributed by atoms with E-state index in [2.05, 4.69) is 42.6 Å². The Hall–Kier alpha value is -2.09. The molecule has 1 N–H and O–H groups in total. The molecule has 3 unspecified atom stereocenters. The highest BCUT2D eigenvalue weighted by molar-refractivity contribution is 6.11. The molecule has 2 aromatic rings. The van der Waals surface area contributed by atoms with E-state index in [1.807, 2.05) is 18.2 Å². The number of fused-ring (bicyclic) bond motifs is 7. The first kappa shape index (κ1) is 10.7. The molecule has 1 saturated carbocycles. The number of para-hydroxylation sites is 1. The lowest BCUT2D eigenvalue weighted by Crippen LogP contribution is -2.28. The van der Waals surface area contributed by atoms with Crippen molar-refractivity contribution in [3.63, 3.8) is 0 Å². The maximum Gasteiger partial charge on any atom is 0.236 e. The summed E-state index contributed by atoms with van der Waals surface area (Å²) in [5, 5.41) is 3.10. The number of anilines is 1. The highest BCUT2D eigenvalue weighted by Crippen LogP contribution is 2.81. The van der Waals surface area contributed by atoms with Crippen LogP contribution in [0.5, 0.6) is 0 Å². The van der Waals surface area contributed by atoms with Crippen molar-refractivity contribution in [2.75, 3.05) is 5.32 Å². The molecule has 0 radical (unpaired) electrons. The van der Waals surface area contributed by atoms with Crippen LogP contribution >= 0.6 is 0 Å². The Morgan fingerprint density at radius 1 is 1.10 bits per heavy atom. The van der Waals surface area contributed by atoms with Gasteiger partial charge in [-0.2, -0.15) is 0 Å². The van der Waals surface area contributed by atoms with Crippen molar-refractivity contribution >= 4 is 11.6 Å². The summed E-state index contributed by atoms with van der Waals surface area (Å²) >= 11 is 0. The monoisotopic (exact) mass is 261 g/mol. The summed E-state index contributed by atoms with van der Waals surface area (Å²) in [7, 11) is 0. The summed E-state index contributed by atoms with van der Waals surface area (Å²) in [5.41, 5.74) is 4.73. The Morgan fingerprint density at radius 3 is 2.75 bits per heavy atom. The summed E-state index contributed by atoms with van der Waals surface area (Å²) in [4.78, 5) is 12.7. The highest BCUT2D eigenvalue weighted by atomic mass is 16.2. The Kier molecular flexibility index (Phi) is 1.59. The van der Waals surface area contributed by atoms with Gasteiger partial charge in [-0.3, -0.25) is 4.79 Å². The topological polar surface area (TPSA) is 29.1 Å². The Bertz CT molecular complexity index is 780. The Labute approximate surface area is 117 Å². The molecular formula is C18H15NO. The molecule has 98 valence electrons. The van der Waals surface area contributed by atoms with Crippen molar-refractivity contribution in [1.82, 2.24) is 0 Å².